The minimum Gasteiger partial charge on any atom is -0.221 e. The molecule has 2 rings (SSSR count). The first kappa shape index (κ1) is 25.4. The van der Waals surface area contributed by atoms with Gasteiger partial charge < -0.3 is 0 Å². The summed E-state index contributed by atoms with van der Waals surface area (Å²) in [5.74, 6) is 0. The Balaban J connectivity index is 0. The Kier molecular flexibility index (Phi) is 10.8. The Bertz CT molecular complexity index is 515. The van der Waals surface area contributed by atoms with Crippen LogP contribution < -0.4 is 0 Å². The molecule has 0 aliphatic rings. The molecule has 9 heteroatoms. The number of hydrogen-bond donors (Lipinski definition) is 0. The molecule has 0 heterocycles. The summed E-state index contributed by atoms with van der Waals surface area (Å²) in [5, 5.41) is 0. The third-order valence-electron chi connectivity index (χ3n) is 2.47. The maximum absolute atomic E-state index is 13.3. The molecule has 0 unspecified atom stereocenters. The van der Waals surface area contributed by atoms with Crippen molar-refractivity contribution >= 4 is 18.9 Å². The Morgan fingerprint density at radius 2 is 1.12 bits per heavy atom. The van der Waals surface area contributed by atoms with Crippen LogP contribution in [0.3, 0.4) is 0 Å². The predicted molar refractivity (Wildman–Crippen MR) is 71.2 cm³/mol. The van der Waals surface area contributed by atoms with Crippen LogP contribution in [0.2, 0.25) is 0 Å². The van der Waals surface area contributed by atoms with Gasteiger partial charge in [-0.3, -0.25) is 0 Å². The zero-order valence-corrected chi connectivity index (χ0v) is 15.5. The summed E-state index contributed by atoms with van der Waals surface area (Å²) < 4.78 is 86.3. The minimum atomic E-state index is -6.08. The molecule has 0 aliphatic heterocycles. The van der Waals surface area contributed by atoms with Crippen LogP contribution in [0.15, 0.2) is 54.6 Å². The van der Waals surface area contributed by atoms with E-state index in [-0.39, 0.29) is 38.3 Å². The second-order valence-corrected chi connectivity index (χ2v) is 4.01. The number of alkyl halides is 7. The van der Waals surface area contributed by atoms with Crippen molar-refractivity contribution < 1.29 is 50.2 Å². The summed E-state index contributed by atoms with van der Waals surface area (Å²) in [5.41, 5.74) is -6.99. The molecule has 0 N–H and O–H groups in total. The van der Waals surface area contributed by atoms with E-state index < -0.39 is 23.6 Å². The van der Waals surface area contributed by atoms with E-state index in [1.54, 1.807) is 6.07 Å². The van der Waals surface area contributed by atoms with E-state index in [1.165, 1.54) is 0 Å². The predicted octanol–water partition coefficient (Wildman–Crippen LogP) is 4.88. The first-order valence-electron chi connectivity index (χ1n) is 5.81. The zero-order valence-electron chi connectivity index (χ0n) is 12.5. The summed E-state index contributed by atoms with van der Waals surface area (Å²) in [7, 11) is 0. The van der Waals surface area contributed by atoms with Gasteiger partial charge >= 0.3 is 37.5 Å². The van der Waals surface area contributed by atoms with Crippen molar-refractivity contribution in [2.45, 2.75) is 18.0 Å². The van der Waals surface area contributed by atoms with Gasteiger partial charge in [0.05, 0.1) is 0 Å². The standard InChI is InChI=1S/C9H4F7.C6H5.Li.Zn/c10-7(8(11,12)13,9(14,15)16)6-4-2-1-3-5-6;1-2-4-6-5-3-1;;/h1-4H;1-5H;;/q2*-1;;+2. The molecule has 0 atom stereocenters. The van der Waals surface area contributed by atoms with Crippen molar-refractivity contribution in [3.63, 3.8) is 0 Å². The van der Waals surface area contributed by atoms with Gasteiger partial charge in [-0.2, -0.15) is 93.1 Å². The summed E-state index contributed by atoms with van der Waals surface area (Å²) in [6.07, 6.45) is -12.2. The van der Waals surface area contributed by atoms with Gasteiger partial charge in [0, 0.05) is 18.9 Å². The van der Waals surface area contributed by atoms with E-state index in [4.69, 9.17) is 0 Å². The number of rotatable bonds is 1. The van der Waals surface area contributed by atoms with Gasteiger partial charge in [0.25, 0.3) is 0 Å². The third-order valence-corrected chi connectivity index (χ3v) is 2.47. The SMILES string of the molecule is FC(F)(F)C(F)(c1[c-]cccc1)C(F)(F)F.[Li].[Zn+2].[c-]1ccccc1. The molecule has 24 heavy (non-hydrogen) atoms. The number of halogens is 7. The molecule has 0 amide bonds. The van der Waals surface area contributed by atoms with Crippen molar-refractivity contribution in [1.29, 1.82) is 0 Å². The normalized spacial score (nSPS) is 11.3. The van der Waals surface area contributed by atoms with E-state index in [9.17, 15) is 30.7 Å². The van der Waals surface area contributed by atoms with Crippen molar-refractivity contribution in [1.82, 2.24) is 0 Å². The van der Waals surface area contributed by atoms with Crippen LogP contribution in [-0.4, -0.2) is 31.2 Å². The maximum Gasteiger partial charge on any atom is 2.00 e. The van der Waals surface area contributed by atoms with Crippen LogP contribution in [0, 0.1) is 12.1 Å². The van der Waals surface area contributed by atoms with E-state index in [1.807, 2.05) is 30.3 Å². The van der Waals surface area contributed by atoms with Crippen LogP contribution in [-0.2, 0) is 25.1 Å². The Morgan fingerprint density at radius 1 is 0.667 bits per heavy atom. The van der Waals surface area contributed by atoms with Crippen LogP contribution in [0.4, 0.5) is 30.7 Å². The average molecular weight is 395 g/mol. The fourth-order valence-electron chi connectivity index (χ4n) is 1.42. The second-order valence-electron chi connectivity index (χ2n) is 4.01. The monoisotopic (exact) mass is 393 g/mol. The number of hydrogen-bond acceptors (Lipinski definition) is 0. The average Bonchev–Trinajstić information content (AvgIpc) is 2.47. The van der Waals surface area contributed by atoms with Gasteiger partial charge in [0.1, 0.15) is 0 Å². The maximum atomic E-state index is 13.3. The molecule has 2 aromatic rings. The summed E-state index contributed by atoms with van der Waals surface area (Å²) >= 11 is 0. The summed E-state index contributed by atoms with van der Waals surface area (Å²) in [6.45, 7) is 0. The third kappa shape index (κ3) is 6.23. The molecule has 0 aromatic heterocycles. The van der Waals surface area contributed by atoms with Gasteiger partial charge in [-0.1, -0.05) is 0 Å². The van der Waals surface area contributed by atoms with E-state index in [2.05, 4.69) is 6.07 Å². The quantitative estimate of drug-likeness (QED) is 0.367. The summed E-state index contributed by atoms with van der Waals surface area (Å²) in [6, 6.07) is 17.3. The smallest absolute Gasteiger partial charge is 0.221 e. The van der Waals surface area contributed by atoms with Crippen molar-refractivity contribution in [3.05, 3.63) is 72.3 Å². The Morgan fingerprint density at radius 3 is 1.38 bits per heavy atom. The van der Waals surface area contributed by atoms with E-state index >= 15 is 0 Å². The van der Waals surface area contributed by atoms with Crippen LogP contribution in [0.5, 0.6) is 0 Å². The second kappa shape index (κ2) is 10.2. The van der Waals surface area contributed by atoms with E-state index in [0.717, 1.165) is 18.2 Å². The van der Waals surface area contributed by atoms with Gasteiger partial charge in [-0.15, -0.1) is 5.56 Å². The molecule has 1 radical (unpaired) electrons. The Hall–Kier alpha value is -0.829. The first-order chi connectivity index (χ1) is 10.1. The molecular formula is C15H9F7LiZn. The van der Waals surface area contributed by atoms with Crippen LogP contribution in [0.1, 0.15) is 5.56 Å². The zero-order chi connectivity index (χ0) is 16.9. The molecular weight excluding hydrogens is 385 g/mol. The van der Waals surface area contributed by atoms with Gasteiger partial charge in [0.15, 0.2) is 0 Å². The van der Waals surface area contributed by atoms with Crippen LogP contribution >= 0.6 is 0 Å². The van der Waals surface area contributed by atoms with E-state index in [0.29, 0.717) is 6.07 Å². The minimum absolute atomic E-state index is 0. The van der Waals surface area contributed by atoms with Gasteiger partial charge in [0.2, 0.25) is 0 Å². The molecule has 0 saturated heterocycles. The largest absolute Gasteiger partial charge is 2.00 e. The molecule has 0 saturated carbocycles. The molecule has 0 bridgehead atoms. The molecule has 0 fully saturated rings. The van der Waals surface area contributed by atoms with Gasteiger partial charge in [-0.05, 0) is 0 Å². The molecule has 0 spiro atoms. The molecule has 0 aliphatic carbocycles. The van der Waals surface area contributed by atoms with Crippen molar-refractivity contribution in [3.8, 4) is 0 Å². The topological polar surface area (TPSA) is 0 Å². The first-order valence-corrected chi connectivity index (χ1v) is 5.81. The number of benzene rings is 2. The van der Waals surface area contributed by atoms with Crippen molar-refractivity contribution in [2.75, 3.05) is 0 Å². The Labute approximate surface area is 159 Å². The molecule has 0 nitrogen and oxygen atoms in total. The van der Waals surface area contributed by atoms with Crippen LogP contribution in [0.25, 0.3) is 0 Å². The fraction of sp³-hybridized carbons (Fsp3) is 0.200. The molecule has 2 aromatic carbocycles. The van der Waals surface area contributed by atoms with Gasteiger partial charge in [-0.25, -0.2) is 4.39 Å². The molecule has 121 valence electrons. The fourth-order valence-corrected chi connectivity index (χ4v) is 1.42. The summed E-state index contributed by atoms with van der Waals surface area (Å²) in [4.78, 5) is 0. The van der Waals surface area contributed by atoms with Crippen molar-refractivity contribution in [2.24, 2.45) is 0 Å².